The minimum atomic E-state index is -0.700. The number of rotatable bonds is 7. The molecule has 1 fully saturated rings. The lowest BCUT2D eigenvalue weighted by molar-refractivity contribution is -0.207. The molecule has 0 amide bonds. The van der Waals surface area contributed by atoms with Gasteiger partial charge >= 0.3 is 5.97 Å². The van der Waals surface area contributed by atoms with Crippen LogP contribution in [0, 0.1) is 11.7 Å². The molecule has 1 heterocycles. The molecule has 0 aromatic heterocycles. The van der Waals surface area contributed by atoms with Crippen LogP contribution in [0.1, 0.15) is 61.7 Å². The third-order valence-electron chi connectivity index (χ3n) is 3.86. The smallest absolute Gasteiger partial charge is 0.338 e. The van der Waals surface area contributed by atoms with Gasteiger partial charge in [0.05, 0.1) is 25.4 Å². The monoisotopic (exact) mass is 324 g/mol. The lowest BCUT2D eigenvalue weighted by Gasteiger charge is -2.29. The van der Waals surface area contributed by atoms with E-state index in [1.54, 1.807) is 6.07 Å². The molecule has 0 radical (unpaired) electrons. The number of benzene rings is 1. The van der Waals surface area contributed by atoms with Crippen LogP contribution < -0.4 is 0 Å². The zero-order valence-corrected chi connectivity index (χ0v) is 13.8. The SMILES string of the molecule is CCCCC1COC(c2ccc(C(=O)OCCC)cc2F)OC1. The lowest BCUT2D eigenvalue weighted by Crippen LogP contribution is -2.27. The summed E-state index contributed by atoms with van der Waals surface area (Å²) >= 11 is 0. The van der Waals surface area contributed by atoms with Gasteiger partial charge in [-0.15, -0.1) is 0 Å². The Bertz CT molecular complexity index is 510. The second-order valence-corrected chi connectivity index (χ2v) is 5.88. The highest BCUT2D eigenvalue weighted by Gasteiger charge is 2.26. The van der Waals surface area contributed by atoms with Crippen LogP contribution in [0.4, 0.5) is 4.39 Å². The Balaban J connectivity index is 1.95. The van der Waals surface area contributed by atoms with Crippen LogP contribution >= 0.6 is 0 Å². The number of ether oxygens (including phenoxy) is 3. The Labute approximate surface area is 136 Å². The maximum Gasteiger partial charge on any atom is 0.338 e. The summed E-state index contributed by atoms with van der Waals surface area (Å²) in [6.07, 6.45) is 3.38. The summed E-state index contributed by atoms with van der Waals surface area (Å²) in [7, 11) is 0. The number of carbonyl (C=O) groups is 1. The fourth-order valence-electron chi connectivity index (χ4n) is 2.51. The molecular weight excluding hydrogens is 299 g/mol. The Morgan fingerprint density at radius 3 is 2.61 bits per heavy atom. The molecule has 0 N–H and O–H groups in total. The highest BCUT2D eigenvalue weighted by molar-refractivity contribution is 5.89. The molecule has 0 bridgehead atoms. The van der Waals surface area contributed by atoms with E-state index in [4.69, 9.17) is 14.2 Å². The quantitative estimate of drug-likeness (QED) is 0.704. The Morgan fingerprint density at radius 2 is 2.00 bits per heavy atom. The second-order valence-electron chi connectivity index (χ2n) is 5.88. The Morgan fingerprint density at radius 1 is 1.26 bits per heavy atom. The normalized spacial score (nSPS) is 21.2. The average Bonchev–Trinajstić information content (AvgIpc) is 2.58. The van der Waals surface area contributed by atoms with Crippen molar-refractivity contribution in [1.29, 1.82) is 0 Å². The van der Waals surface area contributed by atoms with Crippen molar-refractivity contribution in [2.75, 3.05) is 19.8 Å². The molecular formula is C18H25FO4. The van der Waals surface area contributed by atoms with Gasteiger partial charge in [-0.05, 0) is 25.0 Å². The van der Waals surface area contributed by atoms with Crippen molar-refractivity contribution in [2.45, 2.75) is 45.8 Å². The van der Waals surface area contributed by atoms with Gasteiger partial charge in [0.2, 0.25) is 0 Å². The molecule has 0 unspecified atom stereocenters. The standard InChI is InChI=1S/C18H25FO4/c1-3-5-6-13-11-22-18(23-12-13)15-8-7-14(10-16(15)19)17(20)21-9-4-2/h7-8,10,13,18H,3-6,9,11-12H2,1-2H3. The maximum atomic E-state index is 14.2. The summed E-state index contributed by atoms with van der Waals surface area (Å²) in [6, 6.07) is 4.27. The van der Waals surface area contributed by atoms with E-state index >= 15 is 0 Å². The van der Waals surface area contributed by atoms with Gasteiger partial charge in [-0.1, -0.05) is 32.8 Å². The molecule has 1 aliphatic heterocycles. The minimum absolute atomic E-state index is 0.205. The van der Waals surface area contributed by atoms with Crippen LogP contribution in [0.5, 0.6) is 0 Å². The number of carbonyl (C=O) groups excluding carboxylic acids is 1. The summed E-state index contributed by atoms with van der Waals surface area (Å²) in [5, 5.41) is 0. The summed E-state index contributed by atoms with van der Waals surface area (Å²) in [6.45, 7) is 5.53. The predicted molar refractivity (Wildman–Crippen MR) is 84.6 cm³/mol. The van der Waals surface area contributed by atoms with Gasteiger partial charge in [0.1, 0.15) is 5.82 Å². The van der Waals surface area contributed by atoms with E-state index in [2.05, 4.69) is 6.92 Å². The first-order chi connectivity index (χ1) is 11.2. The highest BCUT2D eigenvalue weighted by Crippen LogP contribution is 2.29. The topological polar surface area (TPSA) is 44.8 Å². The molecule has 0 saturated carbocycles. The Hall–Kier alpha value is -1.46. The van der Waals surface area contributed by atoms with E-state index < -0.39 is 18.1 Å². The van der Waals surface area contributed by atoms with Crippen molar-refractivity contribution in [2.24, 2.45) is 5.92 Å². The highest BCUT2D eigenvalue weighted by atomic mass is 19.1. The zero-order valence-electron chi connectivity index (χ0n) is 13.8. The molecule has 5 heteroatoms. The van der Waals surface area contributed by atoms with E-state index in [0.29, 0.717) is 31.3 Å². The number of unbranched alkanes of at least 4 members (excludes halogenated alkanes) is 1. The predicted octanol–water partition coefficient (Wildman–Crippen LogP) is 4.24. The summed E-state index contributed by atoms with van der Waals surface area (Å²) in [5.41, 5.74) is 0.530. The fraction of sp³-hybridized carbons (Fsp3) is 0.611. The molecule has 128 valence electrons. The molecule has 1 aliphatic rings. The molecule has 0 aliphatic carbocycles. The van der Waals surface area contributed by atoms with Crippen LogP contribution in [0.25, 0.3) is 0 Å². The van der Waals surface area contributed by atoms with Gasteiger partial charge < -0.3 is 14.2 Å². The van der Waals surface area contributed by atoms with Gasteiger partial charge in [-0.3, -0.25) is 0 Å². The van der Waals surface area contributed by atoms with Gasteiger partial charge in [0.25, 0.3) is 0 Å². The van der Waals surface area contributed by atoms with Crippen LogP contribution in [0.15, 0.2) is 18.2 Å². The maximum absolute atomic E-state index is 14.2. The van der Waals surface area contributed by atoms with Gasteiger partial charge in [0, 0.05) is 11.5 Å². The van der Waals surface area contributed by atoms with Crippen molar-refractivity contribution in [1.82, 2.24) is 0 Å². The number of halogens is 1. The van der Waals surface area contributed by atoms with Crippen molar-refractivity contribution in [3.63, 3.8) is 0 Å². The van der Waals surface area contributed by atoms with E-state index in [0.717, 1.165) is 25.7 Å². The third kappa shape index (κ3) is 5.01. The molecule has 23 heavy (non-hydrogen) atoms. The molecule has 1 aromatic carbocycles. The number of esters is 1. The molecule has 0 spiro atoms. The van der Waals surface area contributed by atoms with E-state index in [1.165, 1.54) is 12.1 Å². The van der Waals surface area contributed by atoms with Crippen molar-refractivity contribution < 1.29 is 23.4 Å². The van der Waals surface area contributed by atoms with Crippen LogP contribution in [0.3, 0.4) is 0 Å². The van der Waals surface area contributed by atoms with Crippen molar-refractivity contribution in [3.8, 4) is 0 Å². The van der Waals surface area contributed by atoms with Crippen LogP contribution in [0.2, 0.25) is 0 Å². The zero-order chi connectivity index (χ0) is 16.7. The van der Waals surface area contributed by atoms with Gasteiger partial charge in [-0.2, -0.15) is 0 Å². The summed E-state index contributed by atoms with van der Waals surface area (Å²) < 4.78 is 30.5. The van der Waals surface area contributed by atoms with Crippen molar-refractivity contribution >= 4 is 5.97 Å². The molecule has 0 atom stereocenters. The Kier molecular flexibility index (Phi) is 6.99. The molecule has 1 aromatic rings. The number of hydrogen-bond donors (Lipinski definition) is 0. The minimum Gasteiger partial charge on any atom is -0.462 e. The molecule has 4 nitrogen and oxygen atoms in total. The first-order valence-corrected chi connectivity index (χ1v) is 8.35. The van der Waals surface area contributed by atoms with Crippen molar-refractivity contribution in [3.05, 3.63) is 35.1 Å². The third-order valence-corrected chi connectivity index (χ3v) is 3.86. The molecule has 2 rings (SSSR count). The summed E-state index contributed by atoms with van der Waals surface area (Å²) in [5.74, 6) is -0.645. The number of hydrogen-bond acceptors (Lipinski definition) is 4. The first kappa shape index (κ1) is 17.9. The van der Waals surface area contributed by atoms with Crippen LogP contribution in [-0.2, 0) is 14.2 Å². The van der Waals surface area contributed by atoms with E-state index in [9.17, 15) is 9.18 Å². The first-order valence-electron chi connectivity index (χ1n) is 8.35. The van der Waals surface area contributed by atoms with E-state index in [-0.39, 0.29) is 5.56 Å². The summed E-state index contributed by atoms with van der Waals surface area (Å²) in [4.78, 5) is 11.7. The lowest BCUT2D eigenvalue weighted by atomic mass is 10.0. The van der Waals surface area contributed by atoms with Crippen LogP contribution in [-0.4, -0.2) is 25.8 Å². The largest absolute Gasteiger partial charge is 0.462 e. The fourth-order valence-corrected chi connectivity index (χ4v) is 2.51. The second kappa shape index (κ2) is 8.99. The molecule has 1 saturated heterocycles. The van der Waals surface area contributed by atoms with Gasteiger partial charge in [-0.25, -0.2) is 9.18 Å². The van der Waals surface area contributed by atoms with E-state index in [1.807, 2.05) is 6.92 Å². The average molecular weight is 324 g/mol. The van der Waals surface area contributed by atoms with Gasteiger partial charge in [0.15, 0.2) is 6.29 Å².